The van der Waals surface area contributed by atoms with Crippen LogP contribution in [0.3, 0.4) is 0 Å². The van der Waals surface area contributed by atoms with Crippen LogP contribution in [0.2, 0.25) is 0 Å². The number of rotatable bonds is 13. The summed E-state index contributed by atoms with van der Waals surface area (Å²) in [4.78, 5) is 0. The summed E-state index contributed by atoms with van der Waals surface area (Å²) in [7, 11) is 0. The van der Waals surface area contributed by atoms with Gasteiger partial charge in [0, 0.05) is 16.7 Å². The third-order valence-electron chi connectivity index (χ3n) is 5.50. The van der Waals surface area contributed by atoms with E-state index in [2.05, 4.69) is 54.6 Å². The van der Waals surface area contributed by atoms with Crippen molar-refractivity contribution in [3.8, 4) is 5.75 Å². The topological polar surface area (TPSA) is 9.23 Å². The fourth-order valence-corrected chi connectivity index (χ4v) is 4.10. The van der Waals surface area contributed by atoms with Crippen molar-refractivity contribution in [3.05, 3.63) is 54.6 Å². The molecule has 150 valence electrons. The van der Waals surface area contributed by atoms with Gasteiger partial charge in [-0.05, 0) is 29.7 Å². The zero-order valence-electron chi connectivity index (χ0n) is 17.0. The molecule has 0 aliphatic carbocycles. The van der Waals surface area contributed by atoms with E-state index in [0.29, 0.717) is 0 Å². The summed E-state index contributed by atoms with van der Waals surface area (Å²) >= 11 is 5.71. The molecule has 0 unspecified atom stereocenters. The maximum absolute atomic E-state index is 6.30. The van der Waals surface area contributed by atoms with Gasteiger partial charge in [-0.2, -0.15) is 0 Å². The Morgan fingerprint density at radius 1 is 0.571 bits per heavy atom. The van der Waals surface area contributed by atoms with Gasteiger partial charge in [0.15, 0.2) is 0 Å². The summed E-state index contributed by atoms with van der Waals surface area (Å²) in [5.74, 6) is 1.86. The van der Waals surface area contributed by atoms with E-state index in [1.165, 1.54) is 79.3 Å². The zero-order valence-corrected chi connectivity index (χ0v) is 17.7. The molecule has 1 nitrogen and oxygen atoms in total. The van der Waals surface area contributed by atoms with E-state index in [1.54, 1.807) is 0 Å². The lowest BCUT2D eigenvalue weighted by Gasteiger charge is -2.13. The van der Waals surface area contributed by atoms with Crippen molar-refractivity contribution in [1.82, 2.24) is 0 Å². The van der Waals surface area contributed by atoms with Gasteiger partial charge in [0.05, 0.1) is 6.61 Å². The Kier molecular flexibility index (Phi) is 8.97. The molecule has 0 saturated carbocycles. The first kappa shape index (κ1) is 21.0. The first-order chi connectivity index (χ1) is 13.9. The molecular weight excluding hydrogens is 364 g/mol. The molecule has 0 bridgehead atoms. The van der Waals surface area contributed by atoms with E-state index in [0.717, 1.165) is 24.7 Å². The fraction of sp³-hybridized carbons (Fsp3) is 0.462. The number of halogens is 1. The quantitative estimate of drug-likeness (QED) is 0.160. The Hall–Kier alpha value is -1.73. The highest BCUT2D eigenvalue weighted by molar-refractivity contribution is 6.17. The molecule has 3 aromatic rings. The summed E-state index contributed by atoms with van der Waals surface area (Å²) in [5, 5.41) is 4.94. The van der Waals surface area contributed by atoms with Crippen molar-refractivity contribution in [3.63, 3.8) is 0 Å². The van der Waals surface area contributed by atoms with Crippen LogP contribution in [0.4, 0.5) is 0 Å². The van der Waals surface area contributed by atoms with Crippen molar-refractivity contribution in [2.45, 2.75) is 64.2 Å². The van der Waals surface area contributed by atoms with Crippen molar-refractivity contribution in [2.75, 3.05) is 12.5 Å². The highest BCUT2D eigenvalue weighted by Crippen LogP contribution is 2.34. The Morgan fingerprint density at radius 2 is 1.04 bits per heavy atom. The standard InChI is InChI=1S/C26H33ClO/c27-19-13-7-5-3-1-2-4-6-8-14-20-28-26-24-17-11-9-15-22(24)21-23-16-10-12-18-25(23)26/h9-12,15-18,21H,1-8,13-14,19-20H2. The zero-order chi connectivity index (χ0) is 19.4. The molecule has 2 heteroatoms. The van der Waals surface area contributed by atoms with Crippen LogP contribution in [0.25, 0.3) is 21.5 Å². The number of hydrogen-bond acceptors (Lipinski definition) is 1. The van der Waals surface area contributed by atoms with Crippen LogP contribution in [0.1, 0.15) is 64.2 Å². The SMILES string of the molecule is ClCCCCCCCCCCCCOc1c2ccccc2cc2ccccc12. The molecule has 0 aromatic heterocycles. The van der Waals surface area contributed by atoms with Crippen LogP contribution in [0, 0.1) is 0 Å². The van der Waals surface area contributed by atoms with Gasteiger partial charge in [-0.15, -0.1) is 11.6 Å². The number of alkyl halides is 1. The lowest BCUT2D eigenvalue weighted by Crippen LogP contribution is -1.99. The van der Waals surface area contributed by atoms with Crippen molar-refractivity contribution in [2.24, 2.45) is 0 Å². The van der Waals surface area contributed by atoms with Crippen LogP contribution in [0.15, 0.2) is 54.6 Å². The number of benzene rings is 3. The number of fused-ring (bicyclic) bond motifs is 2. The van der Waals surface area contributed by atoms with E-state index in [-0.39, 0.29) is 0 Å². The fourth-order valence-electron chi connectivity index (χ4n) is 3.91. The highest BCUT2D eigenvalue weighted by Gasteiger charge is 2.08. The van der Waals surface area contributed by atoms with Crippen molar-refractivity contribution >= 4 is 33.1 Å². The number of unbranched alkanes of at least 4 members (excludes halogenated alkanes) is 9. The lowest BCUT2D eigenvalue weighted by atomic mass is 10.0. The smallest absolute Gasteiger partial charge is 0.134 e. The summed E-state index contributed by atoms with van der Waals surface area (Å²) in [6.07, 6.45) is 13.0. The van der Waals surface area contributed by atoms with Crippen LogP contribution < -0.4 is 4.74 Å². The Morgan fingerprint density at radius 3 is 1.57 bits per heavy atom. The first-order valence-electron chi connectivity index (χ1n) is 11.0. The van der Waals surface area contributed by atoms with Crippen LogP contribution >= 0.6 is 11.6 Å². The average molecular weight is 397 g/mol. The van der Waals surface area contributed by atoms with Gasteiger partial charge in [-0.3, -0.25) is 0 Å². The lowest BCUT2D eigenvalue weighted by molar-refractivity contribution is 0.311. The molecule has 0 N–H and O–H groups in total. The van der Waals surface area contributed by atoms with E-state index in [9.17, 15) is 0 Å². The highest BCUT2D eigenvalue weighted by atomic mass is 35.5. The summed E-state index contributed by atoms with van der Waals surface area (Å²) in [6, 6.07) is 19.3. The third-order valence-corrected chi connectivity index (χ3v) is 5.76. The minimum absolute atomic E-state index is 0.802. The van der Waals surface area contributed by atoms with Crippen LogP contribution in [-0.4, -0.2) is 12.5 Å². The van der Waals surface area contributed by atoms with Gasteiger partial charge >= 0.3 is 0 Å². The largest absolute Gasteiger partial charge is 0.492 e. The Balaban J connectivity index is 1.41. The van der Waals surface area contributed by atoms with Gasteiger partial charge in [0.1, 0.15) is 5.75 Å². The second-order valence-corrected chi connectivity index (χ2v) is 8.10. The molecule has 0 amide bonds. The summed E-state index contributed by atoms with van der Waals surface area (Å²) in [5.41, 5.74) is 0. The van der Waals surface area contributed by atoms with E-state index in [1.807, 2.05) is 0 Å². The minimum atomic E-state index is 0.802. The molecule has 3 rings (SSSR count). The Bertz CT molecular complexity index is 788. The molecule has 0 fully saturated rings. The molecular formula is C26H33ClO. The molecule has 28 heavy (non-hydrogen) atoms. The molecule has 0 saturated heterocycles. The van der Waals surface area contributed by atoms with Crippen LogP contribution in [0.5, 0.6) is 5.75 Å². The molecule has 0 spiro atoms. The van der Waals surface area contributed by atoms with Crippen molar-refractivity contribution < 1.29 is 4.74 Å². The van der Waals surface area contributed by atoms with E-state index >= 15 is 0 Å². The third kappa shape index (κ3) is 6.14. The monoisotopic (exact) mass is 396 g/mol. The van der Waals surface area contributed by atoms with Crippen molar-refractivity contribution in [1.29, 1.82) is 0 Å². The molecule has 0 atom stereocenters. The maximum Gasteiger partial charge on any atom is 0.134 e. The van der Waals surface area contributed by atoms with Gasteiger partial charge in [-0.1, -0.05) is 99.9 Å². The normalized spacial score (nSPS) is 11.3. The molecule has 0 radical (unpaired) electrons. The molecule has 0 aliphatic heterocycles. The number of hydrogen-bond donors (Lipinski definition) is 0. The average Bonchev–Trinajstić information content (AvgIpc) is 2.73. The Labute approximate surface area is 175 Å². The minimum Gasteiger partial charge on any atom is -0.492 e. The predicted molar refractivity (Wildman–Crippen MR) is 124 cm³/mol. The second kappa shape index (κ2) is 12.0. The summed E-state index contributed by atoms with van der Waals surface area (Å²) < 4.78 is 6.30. The molecule has 0 aliphatic rings. The summed E-state index contributed by atoms with van der Waals surface area (Å²) in [6.45, 7) is 0.802. The first-order valence-corrected chi connectivity index (χ1v) is 11.5. The molecule has 0 heterocycles. The predicted octanol–water partition coefficient (Wildman–Crippen LogP) is 8.51. The van der Waals surface area contributed by atoms with Gasteiger partial charge in [-0.25, -0.2) is 0 Å². The second-order valence-electron chi connectivity index (χ2n) is 7.72. The van der Waals surface area contributed by atoms with E-state index in [4.69, 9.17) is 16.3 Å². The van der Waals surface area contributed by atoms with E-state index < -0.39 is 0 Å². The van der Waals surface area contributed by atoms with Crippen LogP contribution in [-0.2, 0) is 0 Å². The van der Waals surface area contributed by atoms with Gasteiger partial charge in [0.2, 0.25) is 0 Å². The number of ether oxygens (including phenoxy) is 1. The van der Waals surface area contributed by atoms with Gasteiger partial charge < -0.3 is 4.74 Å². The molecule has 3 aromatic carbocycles. The maximum atomic E-state index is 6.30. The van der Waals surface area contributed by atoms with Gasteiger partial charge in [0.25, 0.3) is 0 Å².